The van der Waals surface area contributed by atoms with Crippen molar-refractivity contribution in [3.8, 4) is 5.75 Å². The zero-order chi connectivity index (χ0) is 21.5. The van der Waals surface area contributed by atoms with Gasteiger partial charge in [0.25, 0.3) is 0 Å². The monoisotopic (exact) mass is 423 g/mol. The topological polar surface area (TPSA) is 95.0 Å². The van der Waals surface area contributed by atoms with Crippen LogP contribution in [0.4, 0.5) is 5.95 Å². The van der Waals surface area contributed by atoms with Crippen molar-refractivity contribution in [1.82, 2.24) is 25.5 Å². The van der Waals surface area contributed by atoms with E-state index in [1.165, 1.54) is 5.56 Å². The normalized spacial score (nSPS) is 18.4. The molecule has 2 aliphatic heterocycles. The molecular weight excluding hydrogens is 394 g/mol. The number of aliphatic imine (C=N–C) groups is 1. The summed E-state index contributed by atoms with van der Waals surface area (Å²) in [7, 11) is 1.73. The first kappa shape index (κ1) is 20.9. The van der Waals surface area contributed by atoms with Gasteiger partial charge in [0.2, 0.25) is 11.9 Å². The van der Waals surface area contributed by atoms with Gasteiger partial charge in [-0.15, -0.1) is 0 Å². The molecule has 0 saturated carbocycles. The SMILES string of the molecule is CN=C(NCCC(=O)N1CCN(c2ncccn2)CC1)NCC1Cc2ccccc2O1. The number of amides is 1. The molecule has 9 nitrogen and oxygen atoms in total. The fraction of sp³-hybridized carbons (Fsp3) is 0.455. The van der Waals surface area contributed by atoms with Crippen molar-refractivity contribution >= 4 is 17.8 Å². The molecule has 4 rings (SSSR count). The lowest BCUT2D eigenvalue weighted by Crippen LogP contribution is -2.50. The van der Waals surface area contributed by atoms with E-state index in [1.54, 1.807) is 25.5 Å². The van der Waals surface area contributed by atoms with Crippen LogP contribution in [-0.4, -0.2) is 79.2 Å². The lowest BCUT2D eigenvalue weighted by molar-refractivity contribution is -0.131. The Bertz CT molecular complexity index is 873. The third-order valence-electron chi connectivity index (χ3n) is 5.53. The highest BCUT2D eigenvalue weighted by atomic mass is 16.5. The maximum Gasteiger partial charge on any atom is 0.225 e. The fourth-order valence-electron chi connectivity index (χ4n) is 3.86. The van der Waals surface area contributed by atoms with Gasteiger partial charge in [0.1, 0.15) is 11.9 Å². The largest absolute Gasteiger partial charge is 0.488 e. The first-order valence-corrected chi connectivity index (χ1v) is 10.7. The zero-order valence-electron chi connectivity index (χ0n) is 17.8. The summed E-state index contributed by atoms with van der Waals surface area (Å²) in [6.07, 6.45) is 4.88. The molecule has 0 aliphatic carbocycles. The number of guanidine groups is 1. The third-order valence-corrected chi connectivity index (χ3v) is 5.53. The maximum absolute atomic E-state index is 12.6. The van der Waals surface area contributed by atoms with Crippen LogP contribution in [0.1, 0.15) is 12.0 Å². The number of piperazine rings is 1. The Hall–Kier alpha value is -3.36. The van der Waals surface area contributed by atoms with E-state index in [0.717, 1.165) is 31.2 Å². The van der Waals surface area contributed by atoms with E-state index in [0.29, 0.717) is 38.6 Å². The van der Waals surface area contributed by atoms with Gasteiger partial charge in [-0.05, 0) is 17.7 Å². The first-order chi connectivity index (χ1) is 15.2. The highest BCUT2D eigenvalue weighted by Crippen LogP contribution is 2.27. The average Bonchev–Trinajstić information content (AvgIpc) is 3.25. The summed E-state index contributed by atoms with van der Waals surface area (Å²) < 4.78 is 5.95. The summed E-state index contributed by atoms with van der Waals surface area (Å²) in [5.41, 5.74) is 1.24. The van der Waals surface area contributed by atoms with Crippen LogP contribution < -0.4 is 20.3 Å². The average molecular weight is 424 g/mol. The van der Waals surface area contributed by atoms with E-state index in [2.05, 4.69) is 36.6 Å². The minimum absolute atomic E-state index is 0.0856. The number of rotatable bonds is 6. The molecule has 2 N–H and O–H groups in total. The number of hydrogen-bond acceptors (Lipinski definition) is 6. The van der Waals surface area contributed by atoms with Crippen molar-refractivity contribution in [2.45, 2.75) is 18.9 Å². The van der Waals surface area contributed by atoms with E-state index >= 15 is 0 Å². The second-order valence-corrected chi connectivity index (χ2v) is 7.60. The molecule has 1 aromatic carbocycles. The van der Waals surface area contributed by atoms with Crippen LogP contribution in [-0.2, 0) is 11.2 Å². The molecule has 1 unspecified atom stereocenters. The van der Waals surface area contributed by atoms with Crippen molar-refractivity contribution < 1.29 is 9.53 Å². The van der Waals surface area contributed by atoms with E-state index in [1.807, 2.05) is 23.1 Å². The fourth-order valence-corrected chi connectivity index (χ4v) is 3.86. The number of para-hydroxylation sites is 1. The van der Waals surface area contributed by atoms with E-state index in [-0.39, 0.29) is 12.0 Å². The second kappa shape index (κ2) is 10.1. The summed E-state index contributed by atoms with van der Waals surface area (Å²) >= 11 is 0. The predicted molar refractivity (Wildman–Crippen MR) is 119 cm³/mol. The van der Waals surface area contributed by atoms with Crippen molar-refractivity contribution in [3.05, 3.63) is 48.3 Å². The van der Waals surface area contributed by atoms with Crippen molar-refractivity contribution in [2.24, 2.45) is 4.99 Å². The molecule has 0 radical (unpaired) electrons. The van der Waals surface area contributed by atoms with Crippen LogP contribution in [0, 0.1) is 0 Å². The van der Waals surface area contributed by atoms with E-state index in [9.17, 15) is 4.79 Å². The molecule has 164 valence electrons. The Labute approximate surface area is 182 Å². The standard InChI is InChI=1S/C22H29N7O2/c1-23-21(27-16-18-15-17-5-2-3-6-19(17)31-18)24-10-7-20(30)28-11-13-29(14-12-28)22-25-8-4-9-26-22/h2-6,8-9,18H,7,10-16H2,1H3,(H2,23,24,27). The quantitative estimate of drug-likeness (QED) is 0.521. The Morgan fingerprint density at radius 2 is 1.90 bits per heavy atom. The molecule has 2 aliphatic rings. The van der Waals surface area contributed by atoms with Crippen molar-refractivity contribution in [2.75, 3.05) is 51.2 Å². The number of fused-ring (bicyclic) bond motifs is 1. The highest BCUT2D eigenvalue weighted by molar-refractivity contribution is 5.81. The van der Waals surface area contributed by atoms with Gasteiger partial charge < -0.3 is 25.2 Å². The van der Waals surface area contributed by atoms with Crippen LogP contribution in [0.15, 0.2) is 47.7 Å². The predicted octanol–water partition coefficient (Wildman–Crippen LogP) is 0.684. The van der Waals surface area contributed by atoms with Crippen LogP contribution >= 0.6 is 0 Å². The highest BCUT2D eigenvalue weighted by Gasteiger charge is 2.23. The zero-order valence-corrected chi connectivity index (χ0v) is 17.8. The van der Waals surface area contributed by atoms with E-state index < -0.39 is 0 Å². The maximum atomic E-state index is 12.6. The number of aromatic nitrogens is 2. The first-order valence-electron chi connectivity index (χ1n) is 10.7. The smallest absolute Gasteiger partial charge is 0.225 e. The number of benzene rings is 1. The number of nitrogens with zero attached hydrogens (tertiary/aromatic N) is 5. The molecule has 0 bridgehead atoms. The van der Waals surface area contributed by atoms with Gasteiger partial charge in [-0.2, -0.15) is 0 Å². The second-order valence-electron chi connectivity index (χ2n) is 7.60. The Morgan fingerprint density at radius 3 is 2.65 bits per heavy atom. The van der Waals surface area contributed by atoms with Crippen molar-refractivity contribution in [3.63, 3.8) is 0 Å². The lowest BCUT2D eigenvalue weighted by atomic mass is 10.1. The Balaban J connectivity index is 1.14. The summed E-state index contributed by atoms with van der Waals surface area (Å²) in [5, 5.41) is 6.52. The summed E-state index contributed by atoms with van der Waals surface area (Å²) in [6, 6.07) is 9.92. The van der Waals surface area contributed by atoms with Gasteiger partial charge in [-0.25, -0.2) is 9.97 Å². The molecule has 1 fully saturated rings. The molecule has 0 spiro atoms. The van der Waals surface area contributed by atoms with Crippen LogP contribution in [0.5, 0.6) is 5.75 Å². The number of hydrogen-bond donors (Lipinski definition) is 2. The number of carbonyl (C=O) groups is 1. The minimum Gasteiger partial charge on any atom is -0.488 e. The molecular formula is C22H29N7O2. The molecule has 1 saturated heterocycles. The summed E-state index contributed by atoms with van der Waals surface area (Å²) in [4.78, 5) is 29.4. The van der Waals surface area contributed by atoms with Gasteiger partial charge >= 0.3 is 0 Å². The van der Waals surface area contributed by atoms with Crippen LogP contribution in [0.3, 0.4) is 0 Å². The van der Waals surface area contributed by atoms with Gasteiger partial charge in [0, 0.05) is 65.0 Å². The molecule has 1 aromatic heterocycles. The van der Waals surface area contributed by atoms with Crippen LogP contribution in [0.2, 0.25) is 0 Å². The summed E-state index contributed by atoms with van der Waals surface area (Å²) in [5.74, 6) is 2.51. The molecule has 9 heteroatoms. The van der Waals surface area contributed by atoms with Crippen LogP contribution in [0.25, 0.3) is 0 Å². The molecule has 1 amide bonds. The van der Waals surface area contributed by atoms with Gasteiger partial charge in [-0.1, -0.05) is 18.2 Å². The Morgan fingerprint density at radius 1 is 1.13 bits per heavy atom. The Kier molecular flexibility index (Phi) is 6.81. The third kappa shape index (κ3) is 5.42. The molecule has 2 aromatic rings. The number of anilines is 1. The molecule has 3 heterocycles. The molecule has 1 atom stereocenters. The number of nitrogens with one attached hydrogen (secondary N) is 2. The number of carbonyl (C=O) groups excluding carboxylic acids is 1. The summed E-state index contributed by atoms with van der Waals surface area (Å²) in [6.45, 7) is 4.05. The minimum atomic E-state index is 0.0856. The van der Waals surface area contributed by atoms with Gasteiger partial charge in [0.15, 0.2) is 5.96 Å². The van der Waals surface area contributed by atoms with Gasteiger partial charge in [0.05, 0.1) is 6.54 Å². The van der Waals surface area contributed by atoms with Gasteiger partial charge in [-0.3, -0.25) is 9.79 Å². The molecule has 31 heavy (non-hydrogen) atoms. The number of ether oxygens (including phenoxy) is 1. The van der Waals surface area contributed by atoms with E-state index in [4.69, 9.17) is 4.74 Å². The van der Waals surface area contributed by atoms with Crippen molar-refractivity contribution in [1.29, 1.82) is 0 Å². The lowest BCUT2D eigenvalue weighted by Gasteiger charge is -2.34.